The average Bonchev–Trinajstić information content (AvgIpc) is 2.70. The van der Waals surface area contributed by atoms with E-state index in [1.54, 1.807) is 0 Å². The van der Waals surface area contributed by atoms with Crippen molar-refractivity contribution in [2.45, 2.75) is 45.2 Å². The SMILES string of the molecule is CCC1CCC(C)N1c1cc(C(=O)O)c(N)cc1F. The molecule has 1 aliphatic heterocycles. The number of hydrogen-bond acceptors (Lipinski definition) is 3. The quantitative estimate of drug-likeness (QED) is 0.825. The van der Waals surface area contributed by atoms with Crippen molar-refractivity contribution in [3.8, 4) is 0 Å². The minimum Gasteiger partial charge on any atom is -0.478 e. The first-order valence-electron chi connectivity index (χ1n) is 6.56. The fraction of sp³-hybridized carbons (Fsp3) is 0.500. The van der Waals surface area contributed by atoms with Crippen molar-refractivity contribution in [3.63, 3.8) is 0 Å². The summed E-state index contributed by atoms with van der Waals surface area (Å²) >= 11 is 0. The van der Waals surface area contributed by atoms with Crippen molar-refractivity contribution in [2.75, 3.05) is 10.6 Å². The van der Waals surface area contributed by atoms with Crippen molar-refractivity contribution >= 4 is 17.3 Å². The Bertz CT molecular complexity index is 504. The van der Waals surface area contributed by atoms with Gasteiger partial charge in [-0.2, -0.15) is 0 Å². The van der Waals surface area contributed by atoms with E-state index >= 15 is 0 Å². The molecule has 104 valence electrons. The Morgan fingerprint density at radius 1 is 1.53 bits per heavy atom. The van der Waals surface area contributed by atoms with Gasteiger partial charge in [-0.05, 0) is 38.3 Å². The fourth-order valence-electron chi connectivity index (χ4n) is 2.87. The van der Waals surface area contributed by atoms with E-state index in [4.69, 9.17) is 10.8 Å². The lowest BCUT2D eigenvalue weighted by atomic mass is 10.1. The zero-order chi connectivity index (χ0) is 14.2. The summed E-state index contributed by atoms with van der Waals surface area (Å²) < 4.78 is 14.1. The summed E-state index contributed by atoms with van der Waals surface area (Å²) in [5.41, 5.74) is 5.83. The summed E-state index contributed by atoms with van der Waals surface area (Å²) in [4.78, 5) is 13.1. The molecule has 1 aliphatic rings. The molecule has 1 aromatic rings. The van der Waals surface area contributed by atoms with Crippen LogP contribution >= 0.6 is 0 Å². The fourth-order valence-corrected chi connectivity index (χ4v) is 2.87. The van der Waals surface area contributed by atoms with Gasteiger partial charge < -0.3 is 15.7 Å². The first-order valence-corrected chi connectivity index (χ1v) is 6.56. The lowest BCUT2D eigenvalue weighted by Crippen LogP contribution is -2.35. The van der Waals surface area contributed by atoms with Crippen LogP contribution in [0.15, 0.2) is 12.1 Å². The van der Waals surface area contributed by atoms with Gasteiger partial charge >= 0.3 is 5.97 Å². The molecule has 0 radical (unpaired) electrons. The van der Waals surface area contributed by atoms with E-state index in [1.807, 2.05) is 11.8 Å². The second-order valence-corrected chi connectivity index (χ2v) is 5.09. The number of nitrogens with zero attached hydrogens (tertiary/aromatic N) is 1. The molecule has 4 nitrogen and oxygen atoms in total. The highest BCUT2D eigenvalue weighted by Crippen LogP contribution is 2.35. The summed E-state index contributed by atoms with van der Waals surface area (Å²) in [6.07, 6.45) is 2.91. The Labute approximate surface area is 112 Å². The number of halogens is 1. The van der Waals surface area contributed by atoms with Gasteiger partial charge in [0, 0.05) is 17.8 Å². The van der Waals surface area contributed by atoms with Crippen LogP contribution in [0.5, 0.6) is 0 Å². The molecule has 19 heavy (non-hydrogen) atoms. The minimum absolute atomic E-state index is 0.0337. The van der Waals surface area contributed by atoms with Crippen LogP contribution in [0.25, 0.3) is 0 Å². The highest BCUT2D eigenvalue weighted by Gasteiger charge is 2.32. The normalized spacial score (nSPS) is 22.8. The molecule has 1 heterocycles. The zero-order valence-electron chi connectivity index (χ0n) is 11.2. The van der Waals surface area contributed by atoms with Crippen LogP contribution in [0.4, 0.5) is 15.8 Å². The second kappa shape index (κ2) is 5.07. The largest absolute Gasteiger partial charge is 0.478 e. The molecule has 0 aromatic heterocycles. The van der Waals surface area contributed by atoms with Gasteiger partial charge in [0.25, 0.3) is 0 Å². The predicted octanol–water partition coefficient (Wildman–Crippen LogP) is 2.87. The first-order chi connectivity index (χ1) is 8.95. The summed E-state index contributed by atoms with van der Waals surface area (Å²) in [6, 6.07) is 2.94. The topological polar surface area (TPSA) is 66.6 Å². The van der Waals surface area contributed by atoms with E-state index in [-0.39, 0.29) is 23.3 Å². The molecule has 0 saturated carbocycles. The van der Waals surface area contributed by atoms with Gasteiger partial charge in [-0.3, -0.25) is 0 Å². The Kier molecular flexibility index (Phi) is 3.64. The Morgan fingerprint density at radius 2 is 2.21 bits per heavy atom. The average molecular weight is 266 g/mol. The van der Waals surface area contributed by atoms with Gasteiger partial charge in [-0.15, -0.1) is 0 Å². The van der Waals surface area contributed by atoms with E-state index in [0.29, 0.717) is 5.69 Å². The minimum atomic E-state index is -1.13. The molecule has 2 atom stereocenters. The molecule has 0 bridgehead atoms. The number of nitrogen functional groups attached to an aromatic ring is 1. The summed E-state index contributed by atoms with van der Waals surface area (Å²) in [5, 5.41) is 9.09. The second-order valence-electron chi connectivity index (χ2n) is 5.09. The molecule has 1 fully saturated rings. The maximum Gasteiger partial charge on any atom is 0.337 e. The Balaban J connectivity index is 2.49. The third-order valence-electron chi connectivity index (χ3n) is 3.88. The number of carboxylic acids is 1. The summed E-state index contributed by atoms with van der Waals surface area (Å²) in [7, 11) is 0. The number of rotatable bonds is 3. The molecular weight excluding hydrogens is 247 g/mol. The lowest BCUT2D eigenvalue weighted by molar-refractivity contribution is 0.0698. The standard InChI is InChI=1S/C14H19FN2O2/c1-3-9-5-4-8(2)17(9)13-6-10(14(18)19)12(16)7-11(13)15/h6-9H,3-5,16H2,1-2H3,(H,18,19). The van der Waals surface area contributed by atoms with Crippen LogP contribution in [0.2, 0.25) is 0 Å². The number of nitrogens with two attached hydrogens (primary N) is 1. The lowest BCUT2D eigenvalue weighted by Gasteiger charge is -2.31. The van der Waals surface area contributed by atoms with Gasteiger partial charge in [0.15, 0.2) is 0 Å². The molecule has 0 amide bonds. The molecular formula is C14H19FN2O2. The predicted molar refractivity (Wildman–Crippen MR) is 73.0 cm³/mol. The third kappa shape index (κ3) is 2.37. The maximum absolute atomic E-state index is 14.1. The highest BCUT2D eigenvalue weighted by molar-refractivity contribution is 5.95. The number of carbonyl (C=O) groups is 1. The molecule has 0 aliphatic carbocycles. The van der Waals surface area contributed by atoms with Crippen LogP contribution in [0.3, 0.4) is 0 Å². The number of benzene rings is 1. The van der Waals surface area contributed by atoms with E-state index in [2.05, 4.69) is 6.92 Å². The van der Waals surface area contributed by atoms with E-state index in [9.17, 15) is 9.18 Å². The molecule has 0 spiro atoms. The van der Waals surface area contributed by atoms with Gasteiger partial charge in [0.2, 0.25) is 0 Å². The maximum atomic E-state index is 14.1. The Hall–Kier alpha value is -1.78. The van der Waals surface area contributed by atoms with Crippen molar-refractivity contribution < 1.29 is 14.3 Å². The van der Waals surface area contributed by atoms with Crippen LogP contribution in [0.1, 0.15) is 43.5 Å². The van der Waals surface area contributed by atoms with Crippen LogP contribution < -0.4 is 10.6 Å². The van der Waals surface area contributed by atoms with Crippen molar-refractivity contribution in [2.24, 2.45) is 0 Å². The monoisotopic (exact) mass is 266 g/mol. The molecule has 2 rings (SSSR count). The molecule has 1 saturated heterocycles. The number of hydrogen-bond donors (Lipinski definition) is 2. The summed E-state index contributed by atoms with van der Waals surface area (Å²) in [5.74, 6) is -1.58. The van der Waals surface area contributed by atoms with Gasteiger partial charge in [-0.25, -0.2) is 9.18 Å². The van der Waals surface area contributed by atoms with Crippen LogP contribution in [-0.4, -0.2) is 23.2 Å². The third-order valence-corrected chi connectivity index (χ3v) is 3.88. The van der Waals surface area contributed by atoms with Crippen molar-refractivity contribution in [1.29, 1.82) is 0 Å². The molecule has 1 aromatic carbocycles. The van der Waals surface area contributed by atoms with E-state index in [1.165, 1.54) is 6.07 Å². The van der Waals surface area contributed by atoms with Crippen LogP contribution in [0, 0.1) is 5.82 Å². The molecule has 2 unspecified atom stereocenters. The van der Waals surface area contributed by atoms with E-state index in [0.717, 1.165) is 25.3 Å². The van der Waals surface area contributed by atoms with Crippen LogP contribution in [-0.2, 0) is 0 Å². The Morgan fingerprint density at radius 3 is 2.79 bits per heavy atom. The van der Waals surface area contributed by atoms with E-state index < -0.39 is 11.8 Å². The smallest absolute Gasteiger partial charge is 0.337 e. The summed E-state index contributed by atoms with van der Waals surface area (Å²) in [6.45, 7) is 4.09. The van der Waals surface area contributed by atoms with Crippen molar-refractivity contribution in [3.05, 3.63) is 23.5 Å². The zero-order valence-corrected chi connectivity index (χ0v) is 11.2. The van der Waals surface area contributed by atoms with Crippen molar-refractivity contribution in [1.82, 2.24) is 0 Å². The first kappa shape index (κ1) is 13.6. The molecule has 3 N–H and O–H groups in total. The van der Waals surface area contributed by atoms with Gasteiger partial charge in [0.1, 0.15) is 5.82 Å². The number of aromatic carboxylic acids is 1. The highest BCUT2D eigenvalue weighted by atomic mass is 19.1. The van der Waals surface area contributed by atoms with Gasteiger partial charge in [-0.1, -0.05) is 6.92 Å². The van der Waals surface area contributed by atoms with Gasteiger partial charge in [0.05, 0.1) is 11.3 Å². The number of carboxylic acid groups (broad SMARTS) is 1. The molecule has 5 heteroatoms. The number of anilines is 2.